The number of Topliss-reactive ketones (excluding diaryl/α,β-unsaturated/α-hetero) is 1. The lowest BCUT2D eigenvalue weighted by Crippen LogP contribution is -2.61. The van der Waals surface area contributed by atoms with Crippen LogP contribution in [0.3, 0.4) is 0 Å². The first-order valence-corrected chi connectivity index (χ1v) is 15.6. The summed E-state index contributed by atoms with van der Waals surface area (Å²) in [5.74, 6) is -3.00. The minimum absolute atomic E-state index is 0.0678. The van der Waals surface area contributed by atoms with E-state index in [0.717, 1.165) is 24.8 Å². The average Bonchev–Trinajstić information content (AvgIpc) is 3.06. The summed E-state index contributed by atoms with van der Waals surface area (Å²) in [7, 11) is 0. The highest BCUT2D eigenvalue weighted by molar-refractivity contribution is 6.38. The maximum atomic E-state index is 14.4. The number of piperidine rings is 1. The molecule has 1 aromatic carbocycles. The molecule has 7 N–H and O–H groups in total. The number of hydrogen-bond acceptors (Lipinski definition) is 10. The molecule has 2 amide bonds. The summed E-state index contributed by atoms with van der Waals surface area (Å²) in [6.07, 6.45) is 5.86. The second-order valence-corrected chi connectivity index (χ2v) is 12.1. The number of amides is 2. The zero-order valence-corrected chi connectivity index (χ0v) is 27.7. The van der Waals surface area contributed by atoms with Crippen LogP contribution in [0.5, 0.6) is 0 Å². The number of halogens is 2. The average molecular weight is 680 g/mol. The lowest BCUT2D eigenvalue weighted by atomic mass is 9.82. The fourth-order valence-electron chi connectivity index (χ4n) is 4.83. The number of nitrogens with one attached hydrogen (secondary N) is 2. The van der Waals surface area contributed by atoms with Gasteiger partial charge >= 0.3 is 6.09 Å². The second-order valence-electron chi connectivity index (χ2n) is 12.1. The molecule has 1 aromatic rings. The third kappa shape index (κ3) is 11.4. The predicted molar refractivity (Wildman–Crippen MR) is 175 cm³/mol. The summed E-state index contributed by atoms with van der Waals surface area (Å²) in [5.41, 5.74) is 6.90. The number of aldehydes is 1. The number of nitrogens with zero attached hydrogens (tertiary/aromatic N) is 3. The molecule has 2 rings (SSSR count). The van der Waals surface area contributed by atoms with Gasteiger partial charge in [-0.25, -0.2) is 18.6 Å². The van der Waals surface area contributed by atoms with Crippen molar-refractivity contribution in [3.05, 3.63) is 47.3 Å². The molecule has 0 bridgehead atoms. The number of hydrogen-bond donors (Lipinski definition) is 5. The van der Waals surface area contributed by atoms with Crippen LogP contribution in [-0.4, -0.2) is 98.3 Å². The number of benzene rings is 1. The van der Waals surface area contributed by atoms with Gasteiger partial charge in [-0.05, 0) is 38.2 Å². The summed E-state index contributed by atoms with van der Waals surface area (Å²) in [6.45, 7) is 4.84. The van der Waals surface area contributed by atoms with Gasteiger partial charge in [-0.2, -0.15) is 0 Å². The number of ketones is 1. The number of aliphatic imine (C=N–C) groups is 2. The van der Waals surface area contributed by atoms with Crippen LogP contribution >= 0.6 is 0 Å². The van der Waals surface area contributed by atoms with Gasteiger partial charge in [0.15, 0.2) is 0 Å². The van der Waals surface area contributed by atoms with E-state index in [1.807, 2.05) is 6.92 Å². The molecule has 1 saturated heterocycles. The van der Waals surface area contributed by atoms with Gasteiger partial charge in [0, 0.05) is 49.5 Å². The van der Waals surface area contributed by atoms with Crippen LogP contribution in [0, 0.1) is 17.0 Å². The zero-order valence-electron chi connectivity index (χ0n) is 27.7. The lowest BCUT2D eigenvalue weighted by molar-refractivity contribution is -0.159. The number of carbonyl (C=O) groups is 4. The molecule has 0 saturated carbocycles. The minimum atomic E-state index is -1.92. The van der Waals surface area contributed by atoms with E-state index >= 15 is 0 Å². The van der Waals surface area contributed by atoms with E-state index in [0.29, 0.717) is 51.0 Å². The largest absolute Gasteiger partial charge is 0.443 e. The predicted octanol–water partition coefficient (Wildman–Crippen LogP) is 1.65. The molecular formula is C32H47F2N7O7. The van der Waals surface area contributed by atoms with Crippen LogP contribution < -0.4 is 22.1 Å². The second kappa shape index (κ2) is 18.8. The van der Waals surface area contributed by atoms with Crippen molar-refractivity contribution in [1.82, 2.24) is 15.5 Å². The van der Waals surface area contributed by atoms with Crippen molar-refractivity contribution in [2.45, 2.75) is 64.0 Å². The highest BCUT2D eigenvalue weighted by Gasteiger charge is 2.46. The van der Waals surface area contributed by atoms with Crippen LogP contribution in [0.1, 0.15) is 58.4 Å². The third-order valence-electron chi connectivity index (χ3n) is 8.09. The van der Waals surface area contributed by atoms with Crippen molar-refractivity contribution in [3.63, 3.8) is 0 Å². The highest BCUT2D eigenvalue weighted by atomic mass is 19.1. The van der Waals surface area contributed by atoms with Gasteiger partial charge in [-0.15, -0.1) is 0 Å². The first kappa shape index (κ1) is 39.7. The molecule has 0 radical (unpaired) electrons. The molecule has 2 atom stereocenters. The number of carbonyl (C=O) groups excluding carboxylic acids is 4. The number of rotatable bonds is 19. The molecule has 1 aliphatic heterocycles. The Hall–Kier alpha value is -4.44. The van der Waals surface area contributed by atoms with Gasteiger partial charge in [0.1, 0.15) is 42.0 Å². The van der Waals surface area contributed by atoms with Gasteiger partial charge in [0.05, 0.1) is 25.2 Å². The molecule has 0 spiro atoms. The van der Waals surface area contributed by atoms with Crippen molar-refractivity contribution in [2.75, 3.05) is 46.0 Å². The van der Waals surface area contributed by atoms with Crippen molar-refractivity contribution >= 4 is 36.7 Å². The normalized spacial score (nSPS) is 18.5. The van der Waals surface area contributed by atoms with Crippen LogP contribution in [0.4, 0.5) is 13.6 Å². The molecule has 48 heavy (non-hydrogen) atoms. The van der Waals surface area contributed by atoms with Gasteiger partial charge in [0.25, 0.3) is 5.91 Å². The Labute approximate surface area is 279 Å². The maximum absolute atomic E-state index is 14.4. The monoisotopic (exact) mass is 679 g/mol. The third-order valence-corrected chi connectivity index (χ3v) is 8.09. The Kier molecular flexibility index (Phi) is 15.5. The Morgan fingerprint density at radius 3 is 2.65 bits per heavy atom. The van der Waals surface area contributed by atoms with Gasteiger partial charge < -0.3 is 46.4 Å². The van der Waals surface area contributed by atoms with Gasteiger partial charge in [-0.1, -0.05) is 26.8 Å². The van der Waals surface area contributed by atoms with E-state index in [2.05, 4.69) is 20.6 Å². The summed E-state index contributed by atoms with van der Waals surface area (Å²) in [6, 6.07) is 2.74. The van der Waals surface area contributed by atoms with Crippen LogP contribution in [-0.2, 0) is 29.5 Å². The number of nitrogens with two attached hydrogens (primary N) is 2. The fraction of sp³-hybridized carbons (Fsp3) is 0.562. The Bertz CT molecular complexity index is 1360. The van der Waals surface area contributed by atoms with Gasteiger partial charge in [0.2, 0.25) is 5.78 Å². The van der Waals surface area contributed by atoms with Crippen LogP contribution in [0.2, 0.25) is 0 Å². The molecule has 1 heterocycles. The molecule has 0 aliphatic carbocycles. The van der Waals surface area contributed by atoms with E-state index in [1.165, 1.54) is 11.1 Å². The first-order valence-electron chi connectivity index (χ1n) is 15.6. The Balaban J connectivity index is 1.81. The van der Waals surface area contributed by atoms with Crippen molar-refractivity contribution < 1.29 is 42.5 Å². The van der Waals surface area contributed by atoms with E-state index < -0.39 is 46.0 Å². The summed E-state index contributed by atoms with van der Waals surface area (Å²) in [4.78, 5) is 59.1. The molecule has 0 aromatic heterocycles. The standard InChI is InChI=1S/C32H47F2N7O7/c1-4-30(2,3)27(43)28(44)41-12-6-5-10-31(41,19-42)20-47-13-7-11-40-29(45)48-16-24(36)15-37-17-32(46,18-38-22-39-21-35)25-9-8-23(33)14-26(25)34/h8-9,14-15,19,21-22,37,46H,4-7,10-13,16-18,20,36H2,1-3H3,(H,40,45)(H2,35,38,39)/b24-15-. The molecular weight excluding hydrogens is 632 g/mol. The molecule has 2 unspecified atom stereocenters. The van der Waals surface area contributed by atoms with Crippen molar-refractivity contribution in [3.8, 4) is 0 Å². The SMILES string of the molecule is CCC(C)(C)C(=O)C(=O)N1CCCCC1(C=O)COCCCNC(=O)OC/C(N)=C/NCC(O)(CN=CN=CN)c1ccc(F)cc1F. The lowest BCUT2D eigenvalue weighted by Gasteiger charge is -2.43. The maximum Gasteiger partial charge on any atom is 0.407 e. The fourth-order valence-corrected chi connectivity index (χ4v) is 4.83. The van der Waals surface area contributed by atoms with Gasteiger partial charge in [-0.3, -0.25) is 14.6 Å². The van der Waals surface area contributed by atoms with Crippen molar-refractivity contribution in [1.29, 1.82) is 0 Å². The van der Waals surface area contributed by atoms with Crippen molar-refractivity contribution in [2.24, 2.45) is 26.9 Å². The Morgan fingerprint density at radius 2 is 1.98 bits per heavy atom. The van der Waals surface area contributed by atoms with E-state index in [-0.39, 0.29) is 50.7 Å². The number of ether oxygens (including phenoxy) is 2. The molecule has 1 fully saturated rings. The van der Waals surface area contributed by atoms with E-state index in [1.54, 1.807) is 13.8 Å². The molecule has 14 nitrogen and oxygen atoms in total. The number of likely N-dealkylation sites (tertiary alicyclic amines) is 1. The molecule has 1 aliphatic rings. The van der Waals surface area contributed by atoms with E-state index in [4.69, 9.17) is 20.9 Å². The Morgan fingerprint density at radius 1 is 1.23 bits per heavy atom. The van der Waals surface area contributed by atoms with E-state index in [9.17, 15) is 33.1 Å². The smallest absolute Gasteiger partial charge is 0.407 e. The molecule has 16 heteroatoms. The minimum Gasteiger partial charge on any atom is -0.443 e. The highest BCUT2D eigenvalue weighted by Crippen LogP contribution is 2.30. The first-order chi connectivity index (χ1) is 22.7. The zero-order chi connectivity index (χ0) is 35.8. The molecule has 266 valence electrons. The van der Waals surface area contributed by atoms with Crippen LogP contribution in [0.15, 0.2) is 40.1 Å². The summed E-state index contributed by atoms with van der Waals surface area (Å²) in [5, 5.41) is 16.4. The van der Waals surface area contributed by atoms with Crippen LogP contribution in [0.25, 0.3) is 0 Å². The number of aliphatic hydroxyl groups is 1. The topological polar surface area (TPSA) is 211 Å². The number of alkyl carbamates (subject to hydrolysis) is 1. The summed E-state index contributed by atoms with van der Waals surface area (Å²) >= 11 is 0. The quantitative estimate of drug-likeness (QED) is 0.0469. The summed E-state index contributed by atoms with van der Waals surface area (Å²) < 4.78 is 38.6.